The second kappa shape index (κ2) is 8.26. The monoisotopic (exact) mass is 456 g/mol. The van der Waals surface area contributed by atoms with Crippen LogP contribution in [-0.2, 0) is 0 Å². The Bertz CT molecular complexity index is 677. The van der Waals surface area contributed by atoms with Crippen LogP contribution >= 0.6 is 11.6 Å². The summed E-state index contributed by atoms with van der Waals surface area (Å²) in [5, 5.41) is 6.66. The summed E-state index contributed by atoms with van der Waals surface area (Å²) in [6.45, 7) is 10.8. The Kier molecular flexibility index (Phi) is 6.39. The lowest BCUT2D eigenvalue weighted by Crippen LogP contribution is -2.53. The Balaban J connectivity index is 1.47. The SMILES string of the molecule is C=CC(O)(CC[C@@H](C)[C@H]1CC[C@H]2[C@@H]3CCC4CCCC[C@]4(C)[C@H]3CC[C@]12C)C(F)(F)Cl. The van der Waals surface area contributed by atoms with Crippen molar-refractivity contribution in [3.8, 4) is 0 Å². The molecule has 4 saturated carbocycles. The number of aliphatic hydroxyl groups is 1. The molecule has 178 valence electrons. The summed E-state index contributed by atoms with van der Waals surface area (Å²) in [6.07, 6.45) is 15.1. The molecule has 0 aliphatic heterocycles. The van der Waals surface area contributed by atoms with Gasteiger partial charge in [0.2, 0.25) is 0 Å². The number of hydrogen-bond acceptors (Lipinski definition) is 1. The summed E-state index contributed by atoms with van der Waals surface area (Å²) in [5.41, 5.74) is -1.46. The first kappa shape index (κ1) is 24.0. The van der Waals surface area contributed by atoms with Crippen molar-refractivity contribution >= 4 is 11.6 Å². The lowest BCUT2D eigenvalue weighted by molar-refractivity contribution is -0.117. The minimum atomic E-state index is -3.68. The quantitative estimate of drug-likeness (QED) is 0.315. The van der Waals surface area contributed by atoms with E-state index in [1.54, 1.807) is 0 Å². The molecule has 0 bridgehead atoms. The fourth-order valence-corrected chi connectivity index (χ4v) is 9.45. The van der Waals surface area contributed by atoms with E-state index in [2.05, 4.69) is 27.4 Å². The Morgan fingerprint density at radius 1 is 1.03 bits per heavy atom. The summed E-state index contributed by atoms with van der Waals surface area (Å²) >= 11 is 5.21. The first-order valence-electron chi connectivity index (χ1n) is 12.9. The van der Waals surface area contributed by atoms with Crippen LogP contribution in [0.3, 0.4) is 0 Å². The molecule has 4 aliphatic rings. The molecule has 0 spiro atoms. The fraction of sp³-hybridized carbons (Fsp3) is 0.926. The van der Waals surface area contributed by atoms with Gasteiger partial charge in [0.05, 0.1) is 0 Å². The van der Waals surface area contributed by atoms with E-state index >= 15 is 0 Å². The van der Waals surface area contributed by atoms with E-state index in [-0.39, 0.29) is 6.42 Å². The van der Waals surface area contributed by atoms with Crippen molar-refractivity contribution < 1.29 is 13.9 Å². The summed E-state index contributed by atoms with van der Waals surface area (Å²) in [6, 6.07) is 0. The lowest BCUT2D eigenvalue weighted by atomic mass is 9.44. The summed E-state index contributed by atoms with van der Waals surface area (Å²) in [5.74, 6) is 4.32. The standard InChI is InChI=1S/C27H43ClF2O/c1-5-26(31,27(28,29)30)17-13-18(2)21-11-12-22-20-10-9-19-8-6-7-15-24(19,3)23(20)14-16-25(21,22)4/h5,18-23,31H,1,6-17H2,2-4H3/t18-,19?,20+,21-,22+,23+,24+,25-,26?/m1/s1. The second-order valence-corrected chi connectivity index (χ2v) is 12.7. The Labute approximate surface area is 193 Å². The van der Waals surface area contributed by atoms with E-state index in [1.165, 1.54) is 64.2 Å². The van der Waals surface area contributed by atoms with Crippen molar-refractivity contribution in [1.29, 1.82) is 0 Å². The van der Waals surface area contributed by atoms with Crippen LogP contribution in [0, 0.1) is 46.3 Å². The van der Waals surface area contributed by atoms with Crippen molar-refractivity contribution in [1.82, 2.24) is 0 Å². The second-order valence-electron chi connectivity index (χ2n) is 12.3. The minimum absolute atomic E-state index is 0.0305. The van der Waals surface area contributed by atoms with E-state index in [4.69, 9.17) is 11.6 Å². The van der Waals surface area contributed by atoms with Gasteiger partial charge in [0.1, 0.15) is 0 Å². The van der Waals surface area contributed by atoms with E-state index in [0.717, 1.165) is 29.7 Å². The van der Waals surface area contributed by atoms with Crippen molar-refractivity contribution in [3.63, 3.8) is 0 Å². The van der Waals surface area contributed by atoms with Crippen LogP contribution < -0.4 is 0 Å². The molecule has 4 fully saturated rings. The molecule has 0 radical (unpaired) electrons. The number of hydrogen-bond donors (Lipinski definition) is 1. The van der Waals surface area contributed by atoms with Gasteiger partial charge in [-0.05, 0) is 122 Å². The Hall–Kier alpha value is -0.150. The molecule has 0 aromatic heterocycles. The number of rotatable bonds is 6. The molecule has 4 rings (SSSR count). The summed E-state index contributed by atoms with van der Waals surface area (Å²) in [4.78, 5) is 0. The molecule has 1 nitrogen and oxygen atoms in total. The molecule has 0 amide bonds. The van der Waals surface area contributed by atoms with Crippen molar-refractivity contribution in [2.45, 2.75) is 109 Å². The van der Waals surface area contributed by atoms with Gasteiger partial charge in [-0.25, -0.2) is 0 Å². The molecule has 4 heteroatoms. The van der Waals surface area contributed by atoms with Crippen LogP contribution in [0.2, 0.25) is 0 Å². The van der Waals surface area contributed by atoms with E-state index in [9.17, 15) is 13.9 Å². The maximum atomic E-state index is 13.7. The molecule has 1 N–H and O–H groups in total. The molecular weight excluding hydrogens is 414 g/mol. The van der Waals surface area contributed by atoms with Crippen LogP contribution in [0.4, 0.5) is 8.78 Å². The molecule has 0 saturated heterocycles. The number of halogens is 3. The predicted octanol–water partition coefficient (Wildman–Crippen LogP) is 8.20. The van der Waals surface area contributed by atoms with Crippen molar-refractivity contribution in [2.75, 3.05) is 0 Å². The highest BCUT2D eigenvalue weighted by Gasteiger charge is 2.60. The highest BCUT2D eigenvalue weighted by Crippen LogP contribution is 2.68. The largest absolute Gasteiger partial charge is 0.378 e. The van der Waals surface area contributed by atoms with E-state index in [0.29, 0.717) is 29.1 Å². The summed E-state index contributed by atoms with van der Waals surface area (Å²) in [7, 11) is 0. The molecule has 0 aromatic rings. The van der Waals surface area contributed by atoms with Gasteiger partial charge in [-0.1, -0.05) is 46.3 Å². The molecule has 0 heterocycles. The molecule has 9 atom stereocenters. The molecule has 2 unspecified atom stereocenters. The van der Waals surface area contributed by atoms with Gasteiger partial charge >= 0.3 is 5.38 Å². The Morgan fingerprint density at radius 2 is 1.74 bits per heavy atom. The van der Waals surface area contributed by atoms with E-state index < -0.39 is 11.0 Å². The van der Waals surface area contributed by atoms with Gasteiger partial charge in [-0.15, -0.1) is 0 Å². The van der Waals surface area contributed by atoms with Crippen LogP contribution in [0.5, 0.6) is 0 Å². The third-order valence-corrected chi connectivity index (χ3v) is 11.5. The van der Waals surface area contributed by atoms with Gasteiger partial charge < -0.3 is 5.11 Å². The van der Waals surface area contributed by atoms with Gasteiger partial charge in [-0.2, -0.15) is 8.78 Å². The van der Waals surface area contributed by atoms with Gasteiger partial charge in [0.25, 0.3) is 0 Å². The van der Waals surface area contributed by atoms with Gasteiger partial charge in [0, 0.05) is 0 Å². The topological polar surface area (TPSA) is 20.2 Å². The first-order chi connectivity index (χ1) is 14.5. The molecule has 0 aromatic carbocycles. The average molecular weight is 457 g/mol. The van der Waals surface area contributed by atoms with Crippen molar-refractivity contribution in [2.24, 2.45) is 46.3 Å². The van der Waals surface area contributed by atoms with Crippen LogP contribution in [0.15, 0.2) is 12.7 Å². The minimum Gasteiger partial charge on any atom is -0.378 e. The maximum Gasteiger partial charge on any atom is 0.353 e. The zero-order chi connectivity index (χ0) is 22.7. The van der Waals surface area contributed by atoms with Crippen LogP contribution in [-0.4, -0.2) is 16.1 Å². The van der Waals surface area contributed by atoms with Crippen molar-refractivity contribution in [3.05, 3.63) is 12.7 Å². The fourth-order valence-electron chi connectivity index (χ4n) is 9.28. The lowest BCUT2D eigenvalue weighted by Gasteiger charge is -2.61. The highest BCUT2D eigenvalue weighted by molar-refractivity contribution is 6.22. The normalized spacial score (nSPS) is 45.7. The molecular formula is C27H43ClF2O. The van der Waals surface area contributed by atoms with Gasteiger partial charge in [-0.3, -0.25) is 0 Å². The smallest absolute Gasteiger partial charge is 0.353 e. The highest BCUT2D eigenvalue weighted by atomic mass is 35.5. The maximum absolute atomic E-state index is 13.7. The third-order valence-electron chi connectivity index (χ3n) is 11.2. The average Bonchev–Trinajstić information content (AvgIpc) is 3.07. The third kappa shape index (κ3) is 3.82. The predicted molar refractivity (Wildman–Crippen MR) is 124 cm³/mol. The summed E-state index contributed by atoms with van der Waals surface area (Å²) < 4.78 is 27.5. The zero-order valence-corrected chi connectivity index (χ0v) is 20.6. The zero-order valence-electron chi connectivity index (χ0n) is 19.8. The van der Waals surface area contributed by atoms with Crippen LogP contribution in [0.1, 0.15) is 97.8 Å². The van der Waals surface area contributed by atoms with E-state index in [1.807, 2.05) is 0 Å². The number of alkyl halides is 3. The Morgan fingerprint density at radius 3 is 2.42 bits per heavy atom. The molecule has 4 aliphatic carbocycles. The number of fused-ring (bicyclic) bond motifs is 5. The first-order valence-corrected chi connectivity index (χ1v) is 13.3. The molecule has 31 heavy (non-hydrogen) atoms. The van der Waals surface area contributed by atoms with Gasteiger partial charge in [0.15, 0.2) is 5.60 Å². The van der Waals surface area contributed by atoms with Crippen LogP contribution in [0.25, 0.3) is 0 Å².